The van der Waals surface area contributed by atoms with Gasteiger partial charge in [0, 0.05) is 90.1 Å². The van der Waals surface area contributed by atoms with Crippen molar-refractivity contribution in [3.05, 3.63) is 259 Å². The van der Waals surface area contributed by atoms with Crippen LogP contribution in [0.5, 0.6) is 23.0 Å². The summed E-state index contributed by atoms with van der Waals surface area (Å²) in [5.74, 6) is 3.49. The lowest BCUT2D eigenvalue weighted by Gasteiger charge is -2.33. The molecule has 2 amide bonds. The smallest absolute Gasteiger partial charge is 0.334 e. The molecule has 16 rings (SSSR count). The second-order valence-corrected chi connectivity index (χ2v) is 32.5. The normalized spacial score (nSPS) is 21.2. The minimum atomic E-state index is -0.579. The van der Waals surface area contributed by atoms with Crippen LogP contribution in [-0.2, 0) is 41.5 Å². The summed E-state index contributed by atoms with van der Waals surface area (Å²) in [5, 5.41) is 49.7. The summed E-state index contributed by atoms with van der Waals surface area (Å²) in [5.41, 5.74) is 16.3. The zero-order valence-electron chi connectivity index (χ0n) is 67.8. The van der Waals surface area contributed by atoms with E-state index in [1.807, 2.05) is 111 Å². The molecule has 8 aromatic rings. The molecular weight excluding hydrogens is 1460 g/mol. The molecule has 8 aliphatic rings. The van der Waals surface area contributed by atoms with E-state index < -0.39 is 18.3 Å². The zero-order valence-corrected chi connectivity index (χ0v) is 67.8. The van der Waals surface area contributed by atoms with E-state index in [-0.39, 0.29) is 61.5 Å². The zero-order chi connectivity index (χ0) is 80.9. The van der Waals surface area contributed by atoms with E-state index in [9.17, 15) is 39.6 Å². The van der Waals surface area contributed by atoms with E-state index in [1.165, 1.54) is 64.3 Å². The van der Waals surface area contributed by atoms with Gasteiger partial charge in [-0.25, -0.2) is 9.59 Å². The number of carbonyl (C=O) groups excluding carboxylic acids is 4. The lowest BCUT2D eigenvalue weighted by atomic mass is 9.84. The number of esters is 2. The number of para-hydroxylation sites is 4. The Morgan fingerprint density at radius 1 is 0.414 bits per heavy atom. The molecule has 6 N–H and O–H groups in total. The number of ether oxygens (including phenoxy) is 5. The largest absolute Gasteiger partial charge is 0.507 e. The number of phenolic OH excluding ortho intramolecular Hbond substituents is 1. The van der Waals surface area contributed by atoms with Crippen molar-refractivity contribution in [2.45, 2.75) is 166 Å². The number of hydrogen-bond donors (Lipinski definition) is 6. The summed E-state index contributed by atoms with van der Waals surface area (Å²) in [4.78, 5) is 54.1. The number of aliphatic hydroxyl groups excluding tert-OH is 3. The summed E-state index contributed by atoms with van der Waals surface area (Å²) >= 11 is 0. The summed E-state index contributed by atoms with van der Waals surface area (Å²) < 4.78 is 28.1. The van der Waals surface area contributed by atoms with Crippen molar-refractivity contribution >= 4 is 58.8 Å². The molecule has 5 atom stereocenters. The van der Waals surface area contributed by atoms with Gasteiger partial charge in [0.15, 0.2) is 0 Å². The van der Waals surface area contributed by atoms with E-state index in [4.69, 9.17) is 23.7 Å². The molecule has 0 spiro atoms. The Kier molecular flexibility index (Phi) is 29.7. The average Bonchev–Trinajstić information content (AvgIpc) is 1.85. The number of nitrogens with one attached hydrogen (secondary N) is 2. The van der Waals surface area contributed by atoms with E-state index in [0.29, 0.717) is 97.3 Å². The van der Waals surface area contributed by atoms with E-state index in [1.54, 1.807) is 35.4 Å². The standard InChI is InChI=1S/C30H33NO4.C29H36N2O3.C27H34N2O3.C12H12O3/c1-21-16-27(30(33)35-21)18-26-8-4-5-9-29(26)34-20-28(32)19-31-14-12-23(13-15-31)25-11-10-22-6-2-3-7-24(22)17-25;32-27(20-34-28-8-4-3-7-25(28)18-26-11-14-30-29(26)33)19-31-15-12-22(13-16-31)24-10-9-21-5-1-2-6-23(21)17-24;1-19-7-8-22(15-20(19)2)21-10-13-29(14-11-21)17-25(30)18-32-26-6-4-3-5-23(26)16-24-9-12-28-27(24)31;1-8-6-10(12(14)15-8)7-9-4-2-3-5-11(9)13/h2-11,17-18,21,23,28,32H,12-16,19-20H2,1H3;3-4,7-10,17-18,22,27,32H,1-2,5-6,11-16,19-20H2,(H,30,33);3-8,15-16,21,25,30H,9-14,17-18H2,1-2H3,(H,28,31);2-5,7-8,13H,6H2,1H3/b27-18+;26-18-;24-16-;10-7+/t21?,28-;27-;25-;/m000./s1. The molecule has 7 heterocycles. The van der Waals surface area contributed by atoms with Gasteiger partial charge in [0.25, 0.3) is 0 Å². The first-order chi connectivity index (χ1) is 56.4. The Hall–Kier alpha value is -10.2. The summed E-state index contributed by atoms with van der Waals surface area (Å²) in [7, 11) is 0. The quantitative estimate of drug-likeness (QED) is 0.0274. The van der Waals surface area contributed by atoms with Crippen LogP contribution >= 0.6 is 0 Å². The Morgan fingerprint density at radius 2 is 0.793 bits per heavy atom. The van der Waals surface area contributed by atoms with Crippen molar-refractivity contribution in [3.8, 4) is 23.0 Å². The number of β-amino-alcohol motifs (C(OH)–C–C–N with tert-alkyl or cyclic N) is 3. The van der Waals surface area contributed by atoms with Gasteiger partial charge in [0.2, 0.25) is 11.8 Å². The molecule has 7 fully saturated rings. The molecule has 1 aliphatic carbocycles. The Labute approximate surface area is 683 Å². The Morgan fingerprint density at radius 3 is 1.22 bits per heavy atom. The number of likely N-dealkylation sites (tertiary alicyclic amines) is 3. The van der Waals surface area contributed by atoms with Crippen LogP contribution in [0.1, 0.15) is 170 Å². The van der Waals surface area contributed by atoms with Gasteiger partial charge in [-0.2, -0.15) is 0 Å². The fourth-order valence-corrected chi connectivity index (χ4v) is 17.0. The number of phenols is 1. The third kappa shape index (κ3) is 23.6. The second kappa shape index (κ2) is 41.1. The molecule has 116 heavy (non-hydrogen) atoms. The first kappa shape index (κ1) is 83.8. The maximum atomic E-state index is 12.0. The fourth-order valence-electron chi connectivity index (χ4n) is 17.0. The minimum absolute atomic E-state index is 0.00590. The molecule has 2 unspecified atom stereocenters. The predicted octanol–water partition coefficient (Wildman–Crippen LogP) is 15.2. The van der Waals surface area contributed by atoms with Crippen LogP contribution in [0.3, 0.4) is 0 Å². The van der Waals surface area contributed by atoms with Crippen LogP contribution in [0.25, 0.3) is 35.1 Å². The fraction of sp³-hybridized carbons (Fsp3) is 0.408. The molecule has 0 radical (unpaired) electrons. The number of cyclic esters (lactones) is 2. The summed E-state index contributed by atoms with van der Waals surface area (Å²) in [6, 6.07) is 59.3. The van der Waals surface area contributed by atoms with E-state index in [0.717, 1.165) is 118 Å². The van der Waals surface area contributed by atoms with E-state index >= 15 is 0 Å². The summed E-state index contributed by atoms with van der Waals surface area (Å²) in [6.07, 6.45) is 20.0. The monoisotopic (exact) mass is 1570 g/mol. The van der Waals surface area contributed by atoms with Crippen molar-refractivity contribution in [2.24, 2.45) is 0 Å². The van der Waals surface area contributed by atoms with Gasteiger partial charge in [0.1, 0.15) is 73.3 Å². The predicted molar refractivity (Wildman–Crippen MR) is 458 cm³/mol. The number of hydrogen-bond acceptors (Lipinski definition) is 16. The molecule has 0 aromatic heterocycles. The van der Waals surface area contributed by atoms with Gasteiger partial charge < -0.3 is 69.4 Å². The van der Waals surface area contributed by atoms with Crippen molar-refractivity contribution in [1.29, 1.82) is 0 Å². The van der Waals surface area contributed by atoms with Crippen molar-refractivity contribution in [3.63, 3.8) is 0 Å². The first-order valence-electron chi connectivity index (χ1n) is 42.0. The van der Waals surface area contributed by atoms with Gasteiger partial charge in [0.05, 0.1) is 0 Å². The van der Waals surface area contributed by atoms with Crippen LogP contribution in [-0.4, -0.2) is 181 Å². The highest BCUT2D eigenvalue weighted by molar-refractivity contribution is 6.01. The molecule has 18 heteroatoms. The van der Waals surface area contributed by atoms with Crippen molar-refractivity contribution in [2.75, 3.05) is 91.8 Å². The minimum Gasteiger partial charge on any atom is -0.507 e. The van der Waals surface area contributed by atoms with Crippen molar-refractivity contribution in [1.82, 2.24) is 25.3 Å². The number of amides is 2. The highest BCUT2D eigenvalue weighted by Crippen LogP contribution is 2.36. The van der Waals surface area contributed by atoms with Crippen LogP contribution in [0.4, 0.5) is 0 Å². The van der Waals surface area contributed by atoms with Crippen LogP contribution in [0.15, 0.2) is 198 Å². The number of carbonyl (C=O) groups is 4. The molecule has 610 valence electrons. The number of nitrogens with zero attached hydrogens (tertiary/aromatic N) is 3. The maximum Gasteiger partial charge on any atom is 0.334 e. The third-order valence-corrected chi connectivity index (χ3v) is 23.7. The molecule has 0 bridgehead atoms. The summed E-state index contributed by atoms with van der Waals surface area (Å²) in [6.45, 7) is 17.9. The lowest BCUT2D eigenvalue weighted by Crippen LogP contribution is -2.40. The highest BCUT2D eigenvalue weighted by atomic mass is 16.6. The first-order valence-corrected chi connectivity index (χ1v) is 42.0. The van der Waals surface area contributed by atoms with Crippen molar-refractivity contribution < 1.29 is 63.3 Å². The van der Waals surface area contributed by atoms with Gasteiger partial charge in [-0.05, 0) is 260 Å². The van der Waals surface area contributed by atoms with Gasteiger partial charge >= 0.3 is 11.9 Å². The average molecular weight is 1570 g/mol. The van der Waals surface area contributed by atoms with E-state index in [2.05, 4.69) is 118 Å². The number of aliphatic hydroxyl groups is 3. The van der Waals surface area contributed by atoms with Crippen LogP contribution in [0.2, 0.25) is 0 Å². The van der Waals surface area contributed by atoms with Crippen LogP contribution < -0.4 is 24.8 Å². The SMILES string of the molecule is CC1C/C(=C\c2ccccc2O)C(=O)O1.CC1C/C(=C\c2ccccc2OC[C@@H](O)CN2CCC(c3ccc4ccccc4c3)CC2)C(=O)O1.Cc1ccc(C2CCN(C[C@H](O)COc3ccccc3/C=C3/CCNC3=O)CC2)cc1C.O=C1NCC/C1=C/c1ccccc1OC[C@@H](O)CN1CCC(c2ccc3c(c2)CCCC3)CC1. The second-order valence-electron chi connectivity index (χ2n) is 32.5. The number of aromatic hydroxyl groups is 1. The van der Waals surface area contributed by atoms with Gasteiger partial charge in [-0.1, -0.05) is 152 Å². The molecule has 7 aliphatic heterocycles. The van der Waals surface area contributed by atoms with Gasteiger partial charge in [-0.3, -0.25) is 9.59 Å². The molecule has 7 saturated heterocycles. The Balaban J connectivity index is 0.000000139. The molecule has 18 nitrogen and oxygen atoms in total. The van der Waals surface area contributed by atoms with Crippen LogP contribution in [0, 0.1) is 13.8 Å². The maximum absolute atomic E-state index is 12.0. The highest BCUT2D eigenvalue weighted by Gasteiger charge is 2.30. The number of benzene rings is 8. The molecular formula is C98H115N5O13. The third-order valence-electron chi connectivity index (χ3n) is 23.7. The number of piperidine rings is 3. The lowest BCUT2D eigenvalue weighted by molar-refractivity contribution is -0.139. The number of aryl methyl sites for hydroxylation is 4. The molecule has 0 saturated carbocycles. The molecule has 8 aromatic carbocycles. The van der Waals surface area contributed by atoms with Gasteiger partial charge in [-0.15, -0.1) is 0 Å². The Bertz CT molecular complexity index is 4810. The number of fused-ring (bicyclic) bond motifs is 2. The topological polar surface area (TPSA) is 229 Å². The number of rotatable bonds is 22.